The first-order valence-corrected chi connectivity index (χ1v) is 6.66. The van der Waals surface area contributed by atoms with Gasteiger partial charge in [-0.1, -0.05) is 11.3 Å². The number of nitrogens with two attached hydrogens (primary N) is 1. The normalized spacial score (nSPS) is 10.5. The van der Waals surface area contributed by atoms with E-state index < -0.39 is 0 Å². The summed E-state index contributed by atoms with van der Waals surface area (Å²) in [5.41, 5.74) is 5.76. The van der Waals surface area contributed by atoms with Crippen molar-refractivity contribution in [3.8, 4) is 0 Å². The number of ether oxygens (including phenoxy) is 2. The molecule has 8 heteroatoms. The van der Waals surface area contributed by atoms with Gasteiger partial charge in [-0.2, -0.15) is 0 Å². The molecule has 0 aliphatic rings. The van der Waals surface area contributed by atoms with Gasteiger partial charge in [0.2, 0.25) is 0 Å². The summed E-state index contributed by atoms with van der Waals surface area (Å²) in [5.74, 6) is 0.102. The van der Waals surface area contributed by atoms with Crippen molar-refractivity contribution < 1.29 is 14.3 Å². The second-order valence-electron chi connectivity index (χ2n) is 3.76. The molecular formula is C11H20N4O3S. The van der Waals surface area contributed by atoms with Crippen LogP contribution in [0.15, 0.2) is 0 Å². The minimum atomic E-state index is -0.148. The molecule has 108 valence electrons. The Bertz CT molecular complexity index is 403. The summed E-state index contributed by atoms with van der Waals surface area (Å²) in [4.78, 5) is 18.5. The van der Waals surface area contributed by atoms with Gasteiger partial charge in [-0.15, -0.1) is 0 Å². The van der Waals surface area contributed by atoms with Crippen molar-refractivity contribution in [3.05, 3.63) is 4.88 Å². The van der Waals surface area contributed by atoms with Gasteiger partial charge in [0.15, 0.2) is 5.13 Å². The number of carbonyl (C=O) groups excluding carboxylic acids is 1. The van der Waals surface area contributed by atoms with E-state index in [4.69, 9.17) is 15.2 Å². The third-order valence-electron chi connectivity index (χ3n) is 2.48. The molecule has 0 aliphatic carbocycles. The fourth-order valence-corrected chi connectivity index (χ4v) is 2.26. The lowest BCUT2D eigenvalue weighted by molar-refractivity contribution is 0.0632. The molecule has 1 amide bonds. The standard InChI is InChI=1S/C11H20N4O3S/c1-13-11-14-9(12)8(19-11)10(16)15(4-6-17-2)5-7-18-3/h4-7,12H2,1-3H3,(H,13,14). The van der Waals surface area contributed by atoms with Gasteiger partial charge in [0.25, 0.3) is 5.91 Å². The van der Waals surface area contributed by atoms with Crippen LogP contribution in [0.25, 0.3) is 0 Å². The van der Waals surface area contributed by atoms with Gasteiger partial charge in [0.1, 0.15) is 10.7 Å². The number of nitrogens with one attached hydrogen (secondary N) is 1. The van der Waals surface area contributed by atoms with E-state index in [0.29, 0.717) is 36.3 Å². The fraction of sp³-hybridized carbons (Fsp3) is 0.636. The van der Waals surface area contributed by atoms with E-state index in [1.54, 1.807) is 26.2 Å². The Kier molecular flexibility index (Phi) is 6.54. The van der Waals surface area contributed by atoms with Crippen LogP contribution in [-0.4, -0.2) is 63.4 Å². The molecule has 1 heterocycles. The lowest BCUT2D eigenvalue weighted by atomic mass is 10.4. The summed E-state index contributed by atoms with van der Waals surface area (Å²) in [7, 11) is 4.93. The van der Waals surface area contributed by atoms with E-state index in [2.05, 4.69) is 10.3 Å². The fourth-order valence-electron chi connectivity index (χ4n) is 1.45. The maximum atomic E-state index is 12.4. The largest absolute Gasteiger partial charge is 0.383 e. The van der Waals surface area contributed by atoms with Crippen LogP contribution >= 0.6 is 11.3 Å². The molecule has 0 saturated carbocycles. The van der Waals surface area contributed by atoms with Crippen molar-refractivity contribution in [2.24, 2.45) is 0 Å². The number of methoxy groups -OCH3 is 2. The van der Waals surface area contributed by atoms with E-state index in [9.17, 15) is 4.79 Å². The first-order chi connectivity index (χ1) is 9.13. The second kappa shape index (κ2) is 7.93. The quantitative estimate of drug-likeness (QED) is 0.724. The summed E-state index contributed by atoms with van der Waals surface area (Å²) in [6.45, 7) is 1.91. The van der Waals surface area contributed by atoms with E-state index >= 15 is 0 Å². The number of thiazole rings is 1. The number of carbonyl (C=O) groups is 1. The Labute approximate surface area is 116 Å². The molecule has 1 aromatic heterocycles. The van der Waals surface area contributed by atoms with Crippen LogP contribution in [0.4, 0.5) is 10.9 Å². The van der Waals surface area contributed by atoms with E-state index in [-0.39, 0.29) is 11.7 Å². The zero-order valence-electron chi connectivity index (χ0n) is 11.4. The van der Waals surface area contributed by atoms with Crippen molar-refractivity contribution >= 4 is 28.2 Å². The number of hydrogen-bond acceptors (Lipinski definition) is 7. The molecule has 0 unspecified atom stereocenters. The number of nitrogen functional groups attached to an aromatic ring is 1. The molecule has 0 atom stereocenters. The van der Waals surface area contributed by atoms with Crippen molar-refractivity contribution in [1.82, 2.24) is 9.88 Å². The van der Waals surface area contributed by atoms with Gasteiger partial charge in [-0.05, 0) is 0 Å². The van der Waals surface area contributed by atoms with Crippen LogP contribution < -0.4 is 11.1 Å². The predicted octanol–water partition coefficient (Wildman–Crippen LogP) is 0.502. The summed E-state index contributed by atoms with van der Waals surface area (Å²) in [6.07, 6.45) is 0. The minimum Gasteiger partial charge on any atom is -0.383 e. The molecular weight excluding hydrogens is 268 g/mol. The number of aromatic nitrogens is 1. The van der Waals surface area contributed by atoms with Crippen LogP contribution in [-0.2, 0) is 9.47 Å². The number of anilines is 2. The summed E-state index contributed by atoms with van der Waals surface area (Å²) in [6, 6.07) is 0. The molecule has 0 saturated heterocycles. The molecule has 0 radical (unpaired) electrons. The zero-order valence-corrected chi connectivity index (χ0v) is 12.2. The van der Waals surface area contributed by atoms with Crippen molar-refractivity contribution in [2.75, 3.05) is 58.6 Å². The minimum absolute atomic E-state index is 0.148. The van der Waals surface area contributed by atoms with Crippen LogP contribution in [0.5, 0.6) is 0 Å². The van der Waals surface area contributed by atoms with E-state index in [1.165, 1.54) is 11.3 Å². The zero-order chi connectivity index (χ0) is 14.3. The number of nitrogens with zero attached hydrogens (tertiary/aromatic N) is 2. The van der Waals surface area contributed by atoms with Crippen LogP contribution in [0.1, 0.15) is 9.67 Å². The van der Waals surface area contributed by atoms with E-state index in [1.807, 2.05) is 0 Å². The molecule has 1 aromatic rings. The molecule has 0 aliphatic heterocycles. The van der Waals surface area contributed by atoms with Crippen LogP contribution in [0.3, 0.4) is 0 Å². The SMILES string of the molecule is CNc1nc(N)c(C(=O)N(CCOC)CCOC)s1. The number of hydrogen-bond donors (Lipinski definition) is 2. The average Bonchev–Trinajstić information content (AvgIpc) is 2.79. The monoisotopic (exact) mass is 288 g/mol. The first-order valence-electron chi connectivity index (χ1n) is 5.85. The van der Waals surface area contributed by atoms with Gasteiger partial charge in [0, 0.05) is 34.4 Å². The van der Waals surface area contributed by atoms with Crippen molar-refractivity contribution in [3.63, 3.8) is 0 Å². The van der Waals surface area contributed by atoms with Gasteiger partial charge in [0.05, 0.1) is 13.2 Å². The van der Waals surface area contributed by atoms with Gasteiger partial charge in [-0.3, -0.25) is 4.79 Å². The topological polar surface area (TPSA) is 89.7 Å². The highest BCUT2D eigenvalue weighted by molar-refractivity contribution is 7.18. The smallest absolute Gasteiger partial charge is 0.268 e. The lowest BCUT2D eigenvalue weighted by Gasteiger charge is -2.21. The van der Waals surface area contributed by atoms with E-state index in [0.717, 1.165) is 0 Å². The second-order valence-corrected chi connectivity index (χ2v) is 4.76. The van der Waals surface area contributed by atoms with Crippen LogP contribution in [0, 0.1) is 0 Å². The molecule has 0 bridgehead atoms. The maximum absolute atomic E-state index is 12.4. The molecule has 1 rings (SSSR count). The first kappa shape index (κ1) is 15.7. The average molecular weight is 288 g/mol. The Hall–Kier alpha value is -1.38. The molecule has 0 aromatic carbocycles. The highest BCUT2D eigenvalue weighted by Gasteiger charge is 2.21. The predicted molar refractivity (Wildman–Crippen MR) is 75.7 cm³/mol. The number of rotatable bonds is 8. The summed E-state index contributed by atoms with van der Waals surface area (Å²) < 4.78 is 10.0. The Morgan fingerprint density at radius 3 is 2.37 bits per heavy atom. The van der Waals surface area contributed by atoms with Gasteiger partial charge in [-0.25, -0.2) is 4.98 Å². The Morgan fingerprint density at radius 1 is 1.37 bits per heavy atom. The highest BCUT2D eigenvalue weighted by Crippen LogP contribution is 2.25. The number of amides is 1. The third kappa shape index (κ3) is 4.34. The van der Waals surface area contributed by atoms with Gasteiger partial charge >= 0.3 is 0 Å². The maximum Gasteiger partial charge on any atom is 0.268 e. The molecule has 3 N–H and O–H groups in total. The van der Waals surface area contributed by atoms with Crippen molar-refractivity contribution in [1.29, 1.82) is 0 Å². The molecule has 0 spiro atoms. The van der Waals surface area contributed by atoms with Crippen molar-refractivity contribution in [2.45, 2.75) is 0 Å². The molecule has 0 fully saturated rings. The summed E-state index contributed by atoms with van der Waals surface area (Å²) in [5, 5.41) is 3.50. The van der Waals surface area contributed by atoms with Gasteiger partial charge < -0.3 is 25.4 Å². The van der Waals surface area contributed by atoms with Crippen LogP contribution in [0.2, 0.25) is 0 Å². The third-order valence-corrected chi connectivity index (χ3v) is 3.56. The Morgan fingerprint density at radius 2 is 1.95 bits per heavy atom. The highest BCUT2D eigenvalue weighted by atomic mass is 32.1. The molecule has 7 nitrogen and oxygen atoms in total. The Balaban J connectivity index is 2.80. The lowest BCUT2D eigenvalue weighted by Crippen LogP contribution is -2.36. The molecule has 19 heavy (non-hydrogen) atoms. The summed E-state index contributed by atoms with van der Waals surface area (Å²) >= 11 is 1.24.